The monoisotopic (exact) mass is 210 g/mol. The zero-order valence-electron chi connectivity index (χ0n) is 8.83. The molecule has 0 aliphatic carbocycles. The number of aromatic nitrogens is 4. The molecule has 0 bridgehead atoms. The Morgan fingerprint density at radius 2 is 1.88 bits per heavy atom. The Balaban J connectivity index is 2.18. The summed E-state index contributed by atoms with van der Waals surface area (Å²) in [7, 11) is 0. The first-order valence-electron chi connectivity index (χ1n) is 5.06. The highest BCUT2D eigenvalue weighted by molar-refractivity contribution is 5.74. The van der Waals surface area contributed by atoms with Gasteiger partial charge in [0, 0.05) is 6.20 Å². The highest BCUT2D eigenvalue weighted by Gasteiger charge is 2.01. The van der Waals surface area contributed by atoms with Gasteiger partial charge >= 0.3 is 0 Å². The van der Waals surface area contributed by atoms with Gasteiger partial charge in [-0.05, 0) is 24.6 Å². The van der Waals surface area contributed by atoms with Gasteiger partial charge < -0.3 is 0 Å². The van der Waals surface area contributed by atoms with Crippen LogP contribution in [0.3, 0.4) is 0 Å². The molecular formula is C12H10N4. The lowest BCUT2D eigenvalue weighted by atomic mass is 10.3. The molecule has 3 rings (SSSR count). The van der Waals surface area contributed by atoms with E-state index in [1.165, 1.54) is 0 Å². The van der Waals surface area contributed by atoms with Crippen LogP contribution in [0, 0.1) is 6.92 Å². The lowest BCUT2D eigenvalue weighted by Gasteiger charge is -2.01. The van der Waals surface area contributed by atoms with Gasteiger partial charge in [0.1, 0.15) is 0 Å². The van der Waals surface area contributed by atoms with Crippen molar-refractivity contribution in [2.45, 2.75) is 6.92 Å². The fraction of sp³-hybridized carbons (Fsp3) is 0.0833. The summed E-state index contributed by atoms with van der Waals surface area (Å²) in [5.41, 5.74) is 2.89. The molecule has 1 aromatic carbocycles. The van der Waals surface area contributed by atoms with Gasteiger partial charge in [-0.1, -0.05) is 12.1 Å². The van der Waals surface area contributed by atoms with Crippen molar-refractivity contribution < 1.29 is 0 Å². The average molecular weight is 210 g/mol. The molecule has 0 atom stereocenters. The van der Waals surface area contributed by atoms with E-state index < -0.39 is 0 Å². The molecule has 0 amide bonds. The third-order valence-electron chi connectivity index (χ3n) is 2.38. The van der Waals surface area contributed by atoms with Gasteiger partial charge in [-0.3, -0.25) is 4.98 Å². The molecular weight excluding hydrogens is 200 g/mol. The minimum absolute atomic E-state index is 0.742. The number of nitrogens with zero attached hydrogens (tertiary/aromatic N) is 4. The van der Waals surface area contributed by atoms with Crippen molar-refractivity contribution in [3.8, 4) is 5.82 Å². The Kier molecular flexibility index (Phi) is 1.93. The van der Waals surface area contributed by atoms with Crippen LogP contribution < -0.4 is 0 Å². The molecule has 0 saturated carbocycles. The van der Waals surface area contributed by atoms with Crippen molar-refractivity contribution in [3.05, 3.63) is 48.4 Å². The van der Waals surface area contributed by atoms with Crippen molar-refractivity contribution in [3.63, 3.8) is 0 Å². The minimum atomic E-state index is 0.742. The van der Waals surface area contributed by atoms with E-state index in [-0.39, 0.29) is 0 Å². The second-order valence-electron chi connectivity index (χ2n) is 3.68. The fourth-order valence-corrected chi connectivity index (χ4v) is 1.60. The SMILES string of the molecule is Cc1cnn(-c2cnc3ccccc3n2)c1. The number of aryl methyl sites for hydroxylation is 1. The van der Waals surface area contributed by atoms with E-state index >= 15 is 0 Å². The zero-order chi connectivity index (χ0) is 11.0. The number of hydrogen-bond acceptors (Lipinski definition) is 3. The summed E-state index contributed by atoms with van der Waals surface area (Å²) in [6.45, 7) is 2.00. The standard InChI is InChI=1S/C12H10N4/c1-9-6-14-16(8-9)12-7-13-10-4-2-3-5-11(10)15-12/h2-8H,1H3. The van der Waals surface area contributed by atoms with E-state index in [1.54, 1.807) is 17.1 Å². The zero-order valence-corrected chi connectivity index (χ0v) is 8.83. The summed E-state index contributed by atoms with van der Waals surface area (Å²) in [4.78, 5) is 8.84. The molecule has 2 aromatic heterocycles. The molecule has 2 heterocycles. The summed E-state index contributed by atoms with van der Waals surface area (Å²) in [5, 5.41) is 4.21. The molecule has 16 heavy (non-hydrogen) atoms. The lowest BCUT2D eigenvalue weighted by molar-refractivity contribution is 0.846. The molecule has 0 fully saturated rings. The number of fused-ring (bicyclic) bond motifs is 1. The highest BCUT2D eigenvalue weighted by Crippen LogP contribution is 2.11. The van der Waals surface area contributed by atoms with E-state index in [4.69, 9.17) is 0 Å². The van der Waals surface area contributed by atoms with Crippen molar-refractivity contribution >= 4 is 11.0 Å². The van der Waals surface area contributed by atoms with Crippen LogP contribution in [0.5, 0.6) is 0 Å². The first kappa shape index (κ1) is 9.03. The van der Waals surface area contributed by atoms with Crippen LogP contribution in [0.4, 0.5) is 0 Å². The van der Waals surface area contributed by atoms with Gasteiger partial charge in [-0.25, -0.2) is 9.67 Å². The van der Waals surface area contributed by atoms with Gasteiger partial charge in [-0.15, -0.1) is 0 Å². The summed E-state index contributed by atoms with van der Waals surface area (Å²) < 4.78 is 1.73. The number of rotatable bonds is 1. The number of hydrogen-bond donors (Lipinski definition) is 0. The van der Waals surface area contributed by atoms with Crippen molar-refractivity contribution in [1.82, 2.24) is 19.7 Å². The van der Waals surface area contributed by atoms with Crippen LogP contribution >= 0.6 is 0 Å². The molecule has 0 unspecified atom stereocenters. The van der Waals surface area contributed by atoms with Crippen molar-refractivity contribution in [2.24, 2.45) is 0 Å². The molecule has 3 aromatic rings. The molecule has 0 spiro atoms. The Bertz CT molecular complexity index is 642. The Labute approximate surface area is 92.6 Å². The quantitative estimate of drug-likeness (QED) is 0.618. The van der Waals surface area contributed by atoms with E-state index in [9.17, 15) is 0 Å². The molecule has 0 N–H and O–H groups in total. The highest BCUT2D eigenvalue weighted by atomic mass is 15.3. The van der Waals surface area contributed by atoms with Crippen LogP contribution in [0.1, 0.15) is 5.56 Å². The maximum atomic E-state index is 4.50. The summed E-state index contributed by atoms with van der Waals surface area (Å²) in [6.07, 6.45) is 5.46. The number of para-hydroxylation sites is 2. The van der Waals surface area contributed by atoms with Gasteiger partial charge in [0.05, 0.1) is 23.4 Å². The van der Waals surface area contributed by atoms with E-state index in [0.717, 1.165) is 22.4 Å². The van der Waals surface area contributed by atoms with Crippen LogP contribution in [-0.2, 0) is 0 Å². The third kappa shape index (κ3) is 1.44. The van der Waals surface area contributed by atoms with Gasteiger partial charge in [0.15, 0.2) is 5.82 Å². The molecule has 0 aliphatic heterocycles. The predicted molar refractivity (Wildman–Crippen MR) is 61.4 cm³/mol. The van der Waals surface area contributed by atoms with Crippen LogP contribution in [0.25, 0.3) is 16.9 Å². The third-order valence-corrected chi connectivity index (χ3v) is 2.38. The molecule has 4 heteroatoms. The second kappa shape index (κ2) is 3.41. The van der Waals surface area contributed by atoms with E-state index in [1.807, 2.05) is 37.4 Å². The minimum Gasteiger partial charge on any atom is -0.251 e. The van der Waals surface area contributed by atoms with Gasteiger partial charge in [0.25, 0.3) is 0 Å². The maximum Gasteiger partial charge on any atom is 0.172 e. The largest absolute Gasteiger partial charge is 0.251 e. The van der Waals surface area contributed by atoms with Crippen LogP contribution in [-0.4, -0.2) is 19.7 Å². The average Bonchev–Trinajstić information content (AvgIpc) is 2.75. The predicted octanol–water partition coefficient (Wildman–Crippen LogP) is 2.12. The lowest BCUT2D eigenvalue weighted by Crippen LogP contribution is -1.99. The summed E-state index contributed by atoms with van der Waals surface area (Å²) in [6, 6.07) is 7.80. The Hall–Kier alpha value is -2.23. The van der Waals surface area contributed by atoms with E-state index in [0.29, 0.717) is 0 Å². The molecule has 4 nitrogen and oxygen atoms in total. The van der Waals surface area contributed by atoms with Gasteiger partial charge in [0.2, 0.25) is 0 Å². The molecule has 0 radical (unpaired) electrons. The van der Waals surface area contributed by atoms with Crippen LogP contribution in [0.15, 0.2) is 42.9 Å². The smallest absolute Gasteiger partial charge is 0.172 e. The van der Waals surface area contributed by atoms with Crippen LogP contribution in [0.2, 0.25) is 0 Å². The van der Waals surface area contributed by atoms with Crippen molar-refractivity contribution in [2.75, 3.05) is 0 Å². The molecule has 0 aliphatic rings. The summed E-state index contributed by atoms with van der Waals surface area (Å²) >= 11 is 0. The molecule has 0 saturated heterocycles. The Morgan fingerprint density at radius 3 is 2.62 bits per heavy atom. The first-order chi connectivity index (χ1) is 7.83. The van der Waals surface area contributed by atoms with E-state index in [2.05, 4.69) is 15.1 Å². The summed E-state index contributed by atoms with van der Waals surface area (Å²) in [5.74, 6) is 0.742. The second-order valence-corrected chi connectivity index (χ2v) is 3.68. The van der Waals surface area contributed by atoms with Gasteiger partial charge in [-0.2, -0.15) is 5.10 Å². The fourth-order valence-electron chi connectivity index (χ4n) is 1.60. The maximum absolute atomic E-state index is 4.50. The topological polar surface area (TPSA) is 43.6 Å². The molecule has 78 valence electrons. The first-order valence-corrected chi connectivity index (χ1v) is 5.06. The Morgan fingerprint density at radius 1 is 1.06 bits per heavy atom. The normalized spacial score (nSPS) is 10.8. The van der Waals surface area contributed by atoms with Crippen molar-refractivity contribution in [1.29, 1.82) is 0 Å². The number of benzene rings is 1.